The Hall–Kier alpha value is -2.03. The van der Waals surface area contributed by atoms with Crippen molar-refractivity contribution < 1.29 is 17.7 Å². The summed E-state index contributed by atoms with van der Waals surface area (Å²) in [7, 11) is -2.34. The predicted octanol–water partition coefficient (Wildman–Crippen LogP) is 3.69. The summed E-state index contributed by atoms with van der Waals surface area (Å²) >= 11 is 1.88. The molecule has 152 valence electrons. The van der Waals surface area contributed by atoms with Gasteiger partial charge in [-0.2, -0.15) is 8.42 Å². The molecule has 1 unspecified atom stereocenters. The molecule has 1 heterocycles. The van der Waals surface area contributed by atoms with Crippen LogP contribution in [0.2, 0.25) is 0 Å². The Kier molecular flexibility index (Phi) is 8.35. The van der Waals surface area contributed by atoms with Crippen LogP contribution in [0.3, 0.4) is 0 Å². The molecule has 2 aromatic carbocycles. The molecule has 0 spiro atoms. The highest BCUT2D eigenvalue weighted by atomic mass is 32.2. The molecule has 1 atom stereocenters. The maximum atomic E-state index is 10.5. The highest BCUT2D eigenvalue weighted by Crippen LogP contribution is 2.25. The fourth-order valence-corrected chi connectivity index (χ4v) is 4.18. The first-order valence-electron chi connectivity index (χ1n) is 8.88. The van der Waals surface area contributed by atoms with Crippen molar-refractivity contribution in [3.8, 4) is 5.75 Å². The van der Waals surface area contributed by atoms with E-state index in [0.29, 0.717) is 5.25 Å². The number of aryl methyl sites for hydroxylation is 1. The van der Waals surface area contributed by atoms with E-state index in [0.717, 1.165) is 42.3 Å². The fourth-order valence-electron chi connectivity index (χ4n) is 2.53. The molecule has 28 heavy (non-hydrogen) atoms. The normalized spacial score (nSPS) is 16.5. The highest BCUT2D eigenvalue weighted by Gasteiger charge is 2.16. The number of aliphatic imine (C=N–C) groups is 1. The number of benzene rings is 2. The number of nitrogens with two attached hydrogens (primary N) is 1. The van der Waals surface area contributed by atoms with Crippen molar-refractivity contribution in [2.75, 3.05) is 13.7 Å². The van der Waals surface area contributed by atoms with Crippen LogP contribution in [0, 0.1) is 6.92 Å². The molecule has 0 aromatic heterocycles. The minimum Gasteiger partial charge on any atom is -0.497 e. The van der Waals surface area contributed by atoms with Gasteiger partial charge in [-0.05, 0) is 49.6 Å². The molecule has 0 amide bonds. The third-order valence-electron chi connectivity index (χ3n) is 4.18. The van der Waals surface area contributed by atoms with Gasteiger partial charge >= 0.3 is 0 Å². The first-order valence-corrected chi connectivity index (χ1v) is 11.4. The van der Waals surface area contributed by atoms with Crippen molar-refractivity contribution in [3.05, 3.63) is 59.7 Å². The molecule has 3 rings (SSSR count). The van der Waals surface area contributed by atoms with E-state index < -0.39 is 10.1 Å². The standard InChI is InChI=1S/C13H18N2OS.C7H8O3S/c1-16-11-6-4-10(5-7-11)9-17-12-3-2-8-15-13(12)14;1-6-2-4-7(5-3-6)11(8,9)10/h4-7,12H,2-3,8-9H2,1H3,(H2,14,15);2-5H,1H3,(H,8,9,10). The molecule has 1 aliphatic rings. The van der Waals surface area contributed by atoms with Gasteiger partial charge in [0.25, 0.3) is 10.1 Å². The molecule has 2 aromatic rings. The van der Waals surface area contributed by atoms with Gasteiger partial charge < -0.3 is 10.5 Å². The Balaban J connectivity index is 0.000000221. The van der Waals surface area contributed by atoms with Crippen LogP contribution in [0.4, 0.5) is 0 Å². The Morgan fingerprint density at radius 3 is 2.36 bits per heavy atom. The average molecular weight is 423 g/mol. The van der Waals surface area contributed by atoms with Crippen molar-refractivity contribution >= 4 is 27.7 Å². The lowest BCUT2D eigenvalue weighted by molar-refractivity contribution is 0.414. The van der Waals surface area contributed by atoms with Crippen LogP contribution >= 0.6 is 11.8 Å². The Morgan fingerprint density at radius 2 is 1.82 bits per heavy atom. The van der Waals surface area contributed by atoms with Gasteiger partial charge in [0, 0.05) is 12.3 Å². The zero-order valence-electron chi connectivity index (χ0n) is 16.0. The van der Waals surface area contributed by atoms with Crippen LogP contribution in [0.1, 0.15) is 24.0 Å². The van der Waals surface area contributed by atoms with Gasteiger partial charge in [-0.25, -0.2) is 0 Å². The Morgan fingerprint density at radius 1 is 1.18 bits per heavy atom. The van der Waals surface area contributed by atoms with Crippen LogP contribution in [-0.2, 0) is 15.9 Å². The zero-order valence-corrected chi connectivity index (χ0v) is 17.7. The number of thioether (sulfide) groups is 1. The zero-order chi connectivity index (χ0) is 20.6. The van der Waals surface area contributed by atoms with Crippen LogP contribution in [0.15, 0.2) is 58.4 Å². The summed E-state index contributed by atoms with van der Waals surface area (Å²) in [6.45, 7) is 2.74. The molecule has 0 saturated carbocycles. The number of amidine groups is 1. The van der Waals surface area contributed by atoms with Gasteiger partial charge in [0.15, 0.2) is 0 Å². The van der Waals surface area contributed by atoms with E-state index in [4.69, 9.17) is 15.0 Å². The maximum Gasteiger partial charge on any atom is 0.294 e. The van der Waals surface area contributed by atoms with Crippen LogP contribution in [-0.4, -0.2) is 37.7 Å². The van der Waals surface area contributed by atoms with Crippen LogP contribution in [0.5, 0.6) is 5.75 Å². The lowest BCUT2D eigenvalue weighted by Gasteiger charge is -2.19. The van der Waals surface area contributed by atoms with E-state index in [2.05, 4.69) is 17.1 Å². The van der Waals surface area contributed by atoms with Crippen molar-refractivity contribution in [2.24, 2.45) is 10.7 Å². The highest BCUT2D eigenvalue weighted by molar-refractivity contribution is 7.99. The number of nitrogens with zero attached hydrogens (tertiary/aromatic N) is 1. The van der Waals surface area contributed by atoms with Gasteiger partial charge in [0.1, 0.15) is 11.6 Å². The van der Waals surface area contributed by atoms with E-state index in [9.17, 15) is 8.42 Å². The second-order valence-electron chi connectivity index (χ2n) is 6.38. The molecule has 3 N–H and O–H groups in total. The minimum absolute atomic E-state index is 0.0666. The fraction of sp³-hybridized carbons (Fsp3) is 0.350. The lowest BCUT2D eigenvalue weighted by atomic mass is 10.2. The minimum atomic E-state index is -4.02. The predicted molar refractivity (Wildman–Crippen MR) is 115 cm³/mol. The molecular formula is C20H26N2O4S2. The Labute approximate surface area is 171 Å². The van der Waals surface area contributed by atoms with E-state index in [1.165, 1.54) is 17.7 Å². The number of hydrogen-bond acceptors (Lipinski definition) is 6. The van der Waals surface area contributed by atoms with E-state index in [1.54, 1.807) is 19.2 Å². The third kappa shape index (κ3) is 7.18. The van der Waals surface area contributed by atoms with Crippen molar-refractivity contribution in [3.63, 3.8) is 0 Å². The van der Waals surface area contributed by atoms with Crippen molar-refractivity contribution in [1.29, 1.82) is 0 Å². The SMILES string of the molecule is COc1ccc(CSC2CCCN=C2N)cc1.Cc1ccc(S(=O)(=O)O)cc1. The van der Waals surface area contributed by atoms with Crippen molar-refractivity contribution in [1.82, 2.24) is 0 Å². The second kappa shape index (κ2) is 10.5. The molecule has 0 fully saturated rings. The molecule has 8 heteroatoms. The van der Waals surface area contributed by atoms with Crippen molar-refractivity contribution in [2.45, 2.75) is 35.7 Å². The Bertz CT molecular complexity index is 879. The van der Waals surface area contributed by atoms with Crippen LogP contribution < -0.4 is 10.5 Å². The number of hydrogen-bond donors (Lipinski definition) is 2. The quantitative estimate of drug-likeness (QED) is 0.713. The van der Waals surface area contributed by atoms with Gasteiger partial charge in [0.2, 0.25) is 0 Å². The molecular weight excluding hydrogens is 396 g/mol. The summed E-state index contributed by atoms with van der Waals surface area (Å²) in [6, 6.07) is 14.2. The average Bonchev–Trinajstić information content (AvgIpc) is 2.68. The molecule has 1 aliphatic heterocycles. The largest absolute Gasteiger partial charge is 0.497 e. The van der Waals surface area contributed by atoms with Crippen LogP contribution in [0.25, 0.3) is 0 Å². The molecule has 6 nitrogen and oxygen atoms in total. The summed E-state index contributed by atoms with van der Waals surface area (Å²) in [5.41, 5.74) is 8.15. The first-order chi connectivity index (χ1) is 13.3. The van der Waals surface area contributed by atoms with Gasteiger partial charge in [-0.15, -0.1) is 11.8 Å². The summed E-state index contributed by atoms with van der Waals surface area (Å²) < 4.78 is 34.7. The van der Waals surface area contributed by atoms with Gasteiger partial charge in [-0.1, -0.05) is 29.8 Å². The van der Waals surface area contributed by atoms with E-state index in [1.807, 2.05) is 30.8 Å². The van der Waals surface area contributed by atoms with Gasteiger partial charge in [0.05, 0.1) is 17.3 Å². The summed E-state index contributed by atoms with van der Waals surface area (Å²) in [4.78, 5) is 4.24. The molecule has 0 bridgehead atoms. The summed E-state index contributed by atoms with van der Waals surface area (Å²) in [5, 5.41) is 0.394. The smallest absolute Gasteiger partial charge is 0.294 e. The summed E-state index contributed by atoms with van der Waals surface area (Å²) in [6.07, 6.45) is 2.30. The lowest BCUT2D eigenvalue weighted by Crippen LogP contribution is -2.29. The second-order valence-corrected chi connectivity index (χ2v) is 9.00. The van der Waals surface area contributed by atoms with E-state index >= 15 is 0 Å². The van der Waals surface area contributed by atoms with E-state index in [-0.39, 0.29) is 4.90 Å². The number of rotatable bonds is 5. The monoisotopic (exact) mass is 422 g/mol. The molecule has 0 radical (unpaired) electrons. The maximum absolute atomic E-state index is 10.5. The summed E-state index contributed by atoms with van der Waals surface area (Å²) in [5.74, 6) is 2.69. The van der Waals surface area contributed by atoms with Gasteiger partial charge in [-0.3, -0.25) is 9.55 Å². The third-order valence-corrected chi connectivity index (χ3v) is 6.43. The number of ether oxygens (including phenoxy) is 1. The topological polar surface area (TPSA) is 102 Å². The molecule has 0 aliphatic carbocycles. The molecule has 0 saturated heterocycles. The number of methoxy groups -OCH3 is 1. The first kappa shape index (κ1) is 22.3.